The van der Waals surface area contributed by atoms with E-state index in [9.17, 15) is 4.79 Å². The first-order chi connectivity index (χ1) is 14.0. The van der Waals surface area contributed by atoms with Gasteiger partial charge < -0.3 is 20.5 Å². The summed E-state index contributed by atoms with van der Waals surface area (Å²) in [6, 6.07) is 16.5. The van der Waals surface area contributed by atoms with Gasteiger partial charge in [0.1, 0.15) is 12.4 Å². The van der Waals surface area contributed by atoms with Gasteiger partial charge in [-0.05, 0) is 56.4 Å². The normalized spacial score (nSPS) is 16.8. The summed E-state index contributed by atoms with van der Waals surface area (Å²) >= 11 is 0. The Bertz CT molecular complexity index is 781. The average Bonchev–Trinajstić information content (AvgIpc) is 2.74. The predicted octanol–water partition coefficient (Wildman–Crippen LogP) is 3.38. The molecule has 0 saturated carbocycles. The van der Waals surface area contributed by atoms with Crippen LogP contribution in [0.25, 0.3) is 0 Å². The second-order valence-electron chi connectivity index (χ2n) is 8.09. The van der Waals surface area contributed by atoms with E-state index < -0.39 is 5.41 Å². The minimum Gasteiger partial charge on any atom is -0.489 e. The molecular formula is C24H32N2O3. The molecule has 1 unspecified atom stereocenters. The van der Waals surface area contributed by atoms with Crippen LogP contribution in [0.5, 0.6) is 5.75 Å². The first-order valence-corrected chi connectivity index (χ1v) is 10.4. The lowest BCUT2D eigenvalue weighted by atomic mass is 9.79. The maximum absolute atomic E-state index is 12.8. The van der Waals surface area contributed by atoms with Crippen LogP contribution in [0, 0.1) is 12.3 Å². The molecular weight excluding hydrogens is 364 g/mol. The van der Waals surface area contributed by atoms with Crippen molar-refractivity contribution < 1.29 is 14.3 Å². The van der Waals surface area contributed by atoms with Crippen LogP contribution in [-0.4, -0.2) is 31.7 Å². The highest BCUT2D eigenvalue weighted by Gasteiger charge is 2.39. The smallest absolute Gasteiger partial charge is 0.227 e. The highest BCUT2D eigenvalue weighted by Crippen LogP contribution is 2.29. The lowest BCUT2D eigenvalue weighted by molar-refractivity contribution is -0.136. The molecule has 5 heteroatoms. The molecule has 3 rings (SSSR count). The highest BCUT2D eigenvalue weighted by atomic mass is 16.5. The van der Waals surface area contributed by atoms with Crippen LogP contribution in [0.3, 0.4) is 0 Å². The van der Waals surface area contributed by atoms with Crippen LogP contribution >= 0.6 is 0 Å². The van der Waals surface area contributed by atoms with Crippen molar-refractivity contribution in [1.29, 1.82) is 0 Å². The number of carbonyl (C=O) groups excluding carboxylic acids is 1. The molecule has 2 aromatic rings. The van der Waals surface area contributed by atoms with Gasteiger partial charge in [0.25, 0.3) is 0 Å². The van der Waals surface area contributed by atoms with Crippen molar-refractivity contribution in [3.8, 4) is 5.75 Å². The number of amides is 1. The third-order valence-corrected chi connectivity index (χ3v) is 5.69. The van der Waals surface area contributed by atoms with E-state index in [0.29, 0.717) is 39.2 Å². The van der Waals surface area contributed by atoms with Crippen LogP contribution in [0.2, 0.25) is 0 Å². The Hall–Kier alpha value is -2.37. The molecule has 1 saturated heterocycles. The fourth-order valence-electron chi connectivity index (χ4n) is 3.64. The zero-order chi connectivity index (χ0) is 20.7. The van der Waals surface area contributed by atoms with Gasteiger partial charge in [-0.15, -0.1) is 0 Å². The Balaban J connectivity index is 1.49. The van der Waals surface area contributed by atoms with E-state index in [1.807, 2.05) is 19.1 Å². The van der Waals surface area contributed by atoms with E-state index in [2.05, 4.69) is 48.6 Å². The summed E-state index contributed by atoms with van der Waals surface area (Å²) < 4.78 is 11.3. The third-order valence-electron chi connectivity index (χ3n) is 5.69. The molecule has 0 radical (unpaired) electrons. The Labute approximate surface area is 173 Å². The van der Waals surface area contributed by atoms with E-state index >= 15 is 0 Å². The molecule has 1 fully saturated rings. The van der Waals surface area contributed by atoms with Gasteiger partial charge >= 0.3 is 0 Å². The van der Waals surface area contributed by atoms with Crippen molar-refractivity contribution >= 4 is 5.91 Å². The summed E-state index contributed by atoms with van der Waals surface area (Å²) in [4.78, 5) is 12.8. The van der Waals surface area contributed by atoms with E-state index in [0.717, 1.165) is 23.3 Å². The molecule has 5 nitrogen and oxygen atoms in total. The maximum atomic E-state index is 12.8. The highest BCUT2D eigenvalue weighted by molar-refractivity contribution is 5.83. The first kappa shape index (κ1) is 21.3. The quantitative estimate of drug-likeness (QED) is 0.717. The minimum absolute atomic E-state index is 0.0353. The molecule has 1 aliphatic heterocycles. The molecule has 2 aromatic carbocycles. The van der Waals surface area contributed by atoms with Crippen LogP contribution in [0.4, 0.5) is 0 Å². The van der Waals surface area contributed by atoms with Crippen LogP contribution in [-0.2, 0) is 22.6 Å². The number of aryl methyl sites for hydroxylation is 1. The molecule has 156 valence electrons. The van der Waals surface area contributed by atoms with E-state index in [1.165, 1.54) is 5.56 Å². The Morgan fingerprint density at radius 3 is 2.34 bits per heavy atom. The van der Waals surface area contributed by atoms with Crippen molar-refractivity contribution in [3.05, 3.63) is 65.2 Å². The monoisotopic (exact) mass is 396 g/mol. The number of hydrogen-bond acceptors (Lipinski definition) is 4. The Morgan fingerprint density at radius 2 is 1.72 bits per heavy atom. The molecule has 29 heavy (non-hydrogen) atoms. The van der Waals surface area contributed by atoms with Gasteiger partial charge in [-0.1, -0.05) is 42.0 Å². The SMILES string of the molecule is Cc1ccc(COc2ccc(CC(C)NC(=O)C3(CN)CCOCC3)cc2)cc1. The van der Waals surface area contributed by atoms with Gasteiger partial charge in [-0.3, -0.25) is 4.79 Å². The number of ether oxygens (including phenoxy) is 2. The molecule has 3 N–H and O–H groups in total. The Kier molecular flexibility index (Phi) is 7.29. The molecule has 0 bridgehead atoms. The first-order valence-electron chi connectivity index (χ1n) is 10.4. The molecule has 1 atom stereocenters. The molecule has 0 aromatic heterocycles. The van der Waals surface area contributed by atoms with Gasteiger partial charge in [-0.25, -0.2) is 0 Å². The lowest BCUT2D eigenvalue weighted by Crippen LogP contribution is -2.51. The summed E-state index contributed by atoms with van der Waals surface area (Å²) in [5.41, 5.74) is 9.00. The van der Waals surface area contributed by atoms with E-state index in [4.69, 9.17) is 15.2 Å². The van der Waals surface area contributed by atoms with Crippen molar-refractivity contribution in [2.45, 2.75) is 45.8 Å². The summed E-state index contributed by atoms with van der Waals surface area (Å²) in [6.45, 7) is 6.22. The molecule has 0 spiro atoms. The number of hydrogen-bond donors (Lipinski definition) is 2. The zero-order valence-electron chi connectivity index (χ0n) is 17.4. The molecule has 0 aliphatic carbocycles. The Morgan fingerprint density at radius 1 is 1.10 bits per heavy atom. The van der Waals surface area contributed by atoms with Crippen LogP contribution in [0.1, 0.15) is 36.5 Å². The minimum atomic E-state index is -0.486. The third kappa shape index (κ3) is 5.81. The maximum Gasteiger partial charge on any atom is 0.227 e. The summed E-state index contributed by atoms with van der Waals surface area (Å²) in [7, 11) is 0. The van der Waals surface area contributed by atoms with Crippen molar-refractivity contribution in [1.82, 2.24) is 5.32 Å². The summed E-state index contributed by atoms with van der Waals surface area (Å²) in [5.74, 6) is 0.893. The van der Waals surface area contributed by atoms with Gasteiger partial charge in [0, 0.05) is 25.8 Å². The number of carbonyl (C=O) groups is 1. The largest absolute Gasteiger partial charge is 0.489 e. The lowest BCUT2D eigenvalue weighted by Gasteiger charge is -2.35. The average molecular weight is 397 g/mol. The predicted molar refractivity (Wildman–Crippen MR) is 115 cm³/mol. The number of rotatable bonds is 8. The van der Waals surface area contributed by atoms with Crippen molar-refractivity contribution in [2.24, 2.45) is 11.1 Å². The van der Waals surface area contributed by atoms with Gasteiger partial charge in [0.05, 0.1) is 5.41 Å². The topological polar surface area (TPSA) is 73.6 Å². The fourth-order valence-corrected chi connectivity index (χ4v) is 3.64. The van der Waals surface area contributed by atoms with Gasteiger partial charge in [0.15, 0.2) is 0 Å². The second-order valence-corrected chi connectivity index (χ2v) is 8.09. The molecule has 1 amide bonds. The van der Waals surface area contributed by atoms with Crippen molar-refractivity contribution in [3.63, 3.8) is 0 Å². The van der Waals surface area contributed by atoms with E-state index in [-0.39, 0.29) is 11.9 Å². The fraction of sp³-hybridized carbons (Fsp3) is 0.458. The van der Waals surface area contributed by atoms with Gasteiger partial charge in [-0.2, -0.15) is 0 Å². The van der Waals surface area contributed by atoms with Crippen LogP contribution in [0.15, 0.2) is 48.5 Å². The van der Waals surface area contributed by atoms with Crippen LogP contribution < -0.4 is 15.8 Å². The summed E-state index contributed by atoms with van der Waals surface area (Å²) in [5, 5.41) is 3.15. The zero-order valence-corrected chi connectivity index (χ0v) is 17.4. The molecule has 1 heterocycles. The number of nitrogens with one attached hydrogen (secondary N) is 1. The van der Waals surface area contributed by atoms with Crippen molar-refractivity contribution in [2.75, 3.05) is 19.8 Å². The van der Waals surface area contributed by atoms with Gasteiger partial charge in [0.2, 0.25) is 5.91 Å². The standard InChI is InChI=1S/C24H32N2O3/c1-18-3-5-21(6-4-18)16-29-22-9-7-20(8-10-22)15-19(2)26-23(27)24(17-25)11-13-28-14-12-24/h3-10,19H,11-17,25H2,1-2H3,(H,26,27). The van der Waals surface area contributed by atoms with E-state index in [1.54, 1.807) is 0 Å². The second kappa shape index (κ2) is 9.90. The number of benzene rings is 2. The number of nitrogens with two attached hydrogens (primary N) is 1. The summed E-state index contributed by atoms with van der Waals surface area (Å²) in [6.07, 6.45) is 2.14. The molecule has 1 aliphatic rings.